The Morgan fingerprint density at radius 2 is 1.83 bits per heavy atom. The SMILES string of the molecule is CCCCN(C)CC1CCN(C(=O)C2CCC(N)C2)CC1.Cl.Cl. The Kier molecular flexibility index (Phi) is 11.5. The normalized spacial score (nSPS) is 25.1. The van der Waals surface area contributed by atoms with E-state index in [-0.39, 0.29) is 36.8 Å². The number of hydrogen-bond donors (Lipinski definition) is 1. The lowest BCUT2D eigenvalue weighted by atomic mass is 9.94. The van der Waals surface area contributed by atoms with Crippen LogP contribution in [0.25, 0.3) is 0 Å². The van der Waals surface area contributed by atoms with Gasteiger partial charge in [-0.2, -0.15) is 0 Å². The topological polar surface area (TPSA) is 49.6 Å². The maximum atomic E-state index is 12.5. The maximum absolute atomic E-state index is 12.5. The van der Waals surface area contributed by atoms with Gasteiger partial charge >= 0.3 is 0 Å². The molecule has 138 valence electrons. The Hall–Kier alpha value is -0.0300. The number of unbranched alkanes of at least 4 members (excludes halogenated alkanes) is 1. The highest BCUT2D eigenvalue weighted by Gasteiger charge is 2.32. The number of nitrogens with two attached hydrogens (primary N) is 1. The Balaban J connectivity index is 0.00000242. The molecular formula is C17H35Cl2N3O. The van der Waals surface area contributed by atoms with Gasteiger partial charge in [-0.1, -0.05) is 13.3 Å². The first-order valence-corrected chi connectivity index (χ1v) is 8.83. The predicted octanol–water partition coefficient (Wildman–Crippen LogP) is 2.93. The number of halogens is 2. The van der Waals surface area contributed by atoms with E-state index < -0.39 is 0 Å². The van der Waals surface area contributed by atoms with Crippen LogP contribution in [0.2, 0.25) is 0 Å². The van der Waals surface area contributed by atoms with Crippen LogP contribution in [0.15, 0.2) is 0 Å². The summed E-state index contributed by atoms with van der Waals surface area (Å²) in [5, 5.41) is 0. The van der Waals surface area contributed by atoms with Crippen molar-refractivity contribution in [2.45, 2.75) is 57.9 Å². The molecule has 1 aliphatic heterocycles. The molecule has 2 aliphatic rings. The van der Waals surface area contributed by atoms with Crippen LogP contribution in [0.4, 0.5) is 0 Å². The van der Waals surface area contributed by atoms with Crippen molar-refractivity contribution < 1.29 is 4.79 Å². The lowest BCUT2D eigenvalue weighted by molar-refractivity contribution is -0.136. The maximum Gasteiger partial charge on any atom is 0.225 e. The molecule has 1 amide bonds. The third-order valence-corrected chi connectivity index (χ3v) is 5.21. The van der Waals surface area contributed by atoms with Crippen molar-refractivity contribution >= 4 is 30.7 Å². The van der Waals surface area contributed by atoms with E-state index in [1.807, 2.05) is 0 Å². The van der Waals surface area contributed by atoms with Gasteiger partial charge in [0, 0.05) is 31.6 Å². The molecular weight excluding hydrogens is 333 g/mol. The van der Waals surface area contributed by atoms with Crippen molar-refractivity contribution in [1.82, 2.24) is 9.80 Å². The summed E-state index contributed by atoms with van der Waals surface area (Å²) in [6.07, 6.45) is 7.81. The molecule has 1 saturated heterocycles. The van der Waals surface area contributed by atoms with E-state index in [4.69, 9.17) is 5.73 Å². The van der Waals surface area contributed by atoms with Gasteiger partial charge in [0.2, 0.25) is 5.91 Å². The highest BCUT2D eigenvalue weighted by molar-refractivity contribution is 5.85. The van der Waals surface area contributed by atoms with Crippen LogP contribution < -0.4 is 5.73 Å². The molecule has 23 heavy (non-hydrogen) atoms. The van der Waals surface area contributed by atoms with Gasteiger partial charge in [-0.05, 0) is 58.0 Å². The van der Waals surface area contributed by atoms with Crippen molar-refractivity contribution in [3.8, 4) is 0 Å². The molecule has 6 heteroatoms. The number of carbonyl (C=O) groups excluding carboxylic acids is 1. The fraction of sp³-hybridized carbons (Fsp3) is 0.941. The monoisotopic (exact) mass is 367 g/mol. The second kappa shape index (κ2) is 11.5. The number of hydrogen-bond acceptors (Lipinski definition) is 3. The number of piperidine rings is 1. The lowest BCUT2D eigenvalue weighted by Gasteiger charge is -2.35. The van der Waals surface area contributed by atoms with Gasteiger partial charge in [-0.25, -0.2) is 0 Å². The molecule has 2 fully saturated rings. The molecule has 2 N–H and O–H groups in total. The third-order valence-electron chi connectivity index (χ3n) is 5.21. The van der Waals surface area contributed by atoms with E-state index in [2.05, 4.69) is 23.8 Å². The number of carbonyl (C=O) groups is 1. The summed E-state index contributed by atoms with van der Waals surface area (Å²) in [5.41, 5.74) is 5.93. The van der Waals surface area contributed by atoms with Gasteiger partial charge in [-0.3, -0.25) is 4.79 Å². The quantitative estimate of drug-likeness (QED) is 0.784. The van der Waals surface area contributed by atoms with Crippen LogP contribution in [-0.4, -0.2) is 55.0 Å². The van der Waals surface area contributed by atoms with Crippen LogP contribution in [0.3, 0.4) is 0 Å². The Morgan fingerprint density at radius 1 is 1.17 bits per heavy atom. The van der Waals surface area contributed by atoms with Gasteiger partial charge in [0.1, 0.15) is 0 Å². The van der Waals surface area contributed by atoms with E-state index in [1.165, 1.54) is 38.8 Å². The average molecular weight is 368 g/mol. The van der Waals surface area contributed by atoms with E-state index in [1.54, 1.807) is 0 Å². The molecule has 0 aromatic rings. The van der Waals surface area contributed by atoms with Crippen molar-refractivity contribution in [2.24, 2.45) is 17.6 Å². The number of nitrogens with zero attached hydrogens (tertiary/aromatic N) is 2. The zero-order valence-electron chi connectivity index (χ0n) is 14.7. The van der Waals surface area contributed by atoms with E-state index in [0.29, 0.717) is 5.91 Å². The summed E-state index contributed by atoms with van der Waals surface area (Å²) >= 11 is 0. The molecule has 1 heterocycles. The zero-order chi connectivity index (χ0) is 15.2. The van der Waals surface area contributed by atoms with E-state index in [9.17, 15) is 4.79 Å². The highest BCUT2D eigenvalue weighted by Crippen LogP contribution is 2.28. The second-order valence-electron chi connectivity index (χ2n) is 7.15. The van der Waals surface area contributed by atoms with E-state index >= 15 is 0 Å². The van der Waals surface area contributed by atoms with Gasteiger partial charge in [0.15, 0.2) is 0 Å². The molecule has 2 unspecified atom stereocenters. The summed E-state index contributed by atoms with van der Waals surface area (Å²) in [6.45, 7) is 6.55. The standard InChI is InChI=1S/C17H33N3O.2ClH/c1-3-4-9-19(2)13-14-7-10-20(11-8-14)17(21)15-5-6-16(18)12-15;;/h14-16H,3-13,18H2,1-2H3;2*1H. The van der Waals surface area contributed by atoms with Crippen molar-refractivity contribution in [2.75, 3.05) is 33.2 Å². The van der Waals surface area contributed by atoms with Crippen LogP contribution >= 0.6 is 24.8 Å². The summed E-state index contributed by atoms with van der Waals surface area (Å²) < 4.78 is 0. The molecule has 1 aliphatic carbocycles. The van der Waals surface area contributed by atoms with Crippen LogP contribution in [0.5, 0.6) is 0 Å². The number of likely N-dealkylation sites (tertiary alicyclic amines) is 1. The molecule has 0 spiro atoms. The molecule has 0 radical (unpaired) electrons. The molecule has 4 nitrogen and oxygen atoms in total. The highest BCUT2D eigenvalue weighted by atomic mass is 35.5. The molecule has 0 aromatic heterocycles. The van der Waals surface area contributed by atoms with Gasteiger partial charge in [0.05, 0.1) is 0 Å². The van der Waals surface area contributed by atoms with Crippen molar-refractivity contribution in [1.29, 1.82) is 0 Å². The first-order valence-electron chi connectivity index (χ1n) is 8.83. The van der Waals surface area contributed by atoms with Gasteiger partial charge in [0.25, 0.3) is 0 Å². The summed E-state index contributed by atoms with van der Waals surface area (Å²) in [6, 6.07) is 0.253. The predicted molar refractivity (Wildman–Crippen MR) is 102 cm³/mol. The minimum Gasteiger partial charge on any atom is -0.342 e. The minimum atomic E-state index is 0. The van der Waals surface area contributed by atoms with E-state index in [0.717, 1.165) is 38.3 Å². The first kappa shape index (κ1) is 23.0. The summed E-state index contributed by atoms with van der Waals surface area (Å²) in [4.78, 5) is 17.0. The van der Waals surface area contributed by atoms with Crippen molar-refractivity contribution in [3.05, 3.63) is 0 Å². The molecule has 1 saturated carbocycles. The molecule has 0 aromatic carbocycles. The first-order chi connectivity index (χ1) is 10.1. The Morgan fingerprint density at radius 3 is 2.35 bits per heavy atom. The number of rotatable bonds is 6. The average Bonchev–Trinajstić information content (AvgIpc) is 2.92. The molecule has 2 atom stereocenters. The second-order valence-corrected chi connectivity index (χ2v) is 7.15. The van der Waals surface area contributed by atoms with Gasteiger partial charge < -0.3 is 15.5 Å². The van der Waals surface area contributed by atoms with Crippen LogP contribution in [-0.2, 0) is 4.79 Å². The lowest BCUT2D eigenvalue weighted by Crippen LogP contribution is -2.43. The Bertz CT molecular complexity index is 336. The fourth-order valence-electron chi connectivity index (χ4n) is 3.79. The molecule has 0 bridgehead atoms. The zero-order valence-corrected chi connectivity index (χ0v) is 16.3. The minimum absolute atomic E-state index is 0. The van der Waals surface area contributed by atoms with Crippen LogP contribution in [0, 0.1) is 11.8 Å². The molecule has 2 rings (SSSR count). The summed E-state index contributed by atoms with van der Waals surface area (Å²) in [7, 11) is 2.23. The smallest absolute Gasteiger partial charge is 0.225 e. The third kappa shape index (κ3) is 7.16. The number of amides is 1. The van der Waals surface area contributed by atoms with Gasteiger partial charge in [-0.15, -0.1) is 24.8 Å². The fourth-order valence-corrected chi connectivity index (χ4v) is 3.79. The van der Waals surface area contributed by atoms with Crippen molar-refractivity contribution in [3.63, 3.8) is 0 Å². The summed E-state index contributed by atoms with van der Waals surface area (Å²) in [5.74, 6) is 1.35. The largest absolute Gasteiger partial charge is 0.342 e. The van der Waals surface area contributed by atoms with Crippen LogP contribution in [0.1, 0.15) is 51.9 Å². The Labute approximate surface area is 154 Å².